The monoisotopic (exact) mass is 391 g/mol. The summed E-state index contributed by atoms with van der Waals surface area (Å²) in [7, 11) is -4.18. The van der Waals surface area contributed by atoms with E-state index in [4.69, 9.17) is 0 Å². The lowest BCUT2D eigenvalue weighted by Crippen LogP contribution is -2.18. The summed E-state index contributed by atoms with van der Waals surface area (Å²) >= 11 is 0.866. The fourth-order valence-corrected chi connectivity index (χ4v) is 3.95. The fraction of sp³-hybridized carbons (Fsp3) is 0.286. The molecule has 1 heterocycles. The van der Waals surface area contributed by atoms with E-state index < -0.39 is 27.5 Å². The number of rotatable bonds is 5. The molecule has 0 aliphatic heterocycles. The topological polar surface area (TPSA) is 88.2 Å². The first-order valence-electron chi connectivity index (χ1n) is 7.11. The number of anilines is 2. The highest BCUT2D eigenvalue weighted by molar-refractivity contribution is 7.92. The zero-order valence-electron chi connectivity index (χ0n) is 12.5. The van der Waals surface area contributed by atoms with Gasteiger partial charge in [-0.3, -0.25) is 9.52 Å². The highest BCUT2D eigenvalue weighted by Gasteiger charge is 2.36. The van der Waals surface area contributed by atoms with Crippen molar-refractivity contribution >= 4 is 38.8 Å². The van der Waals surface area contributed by atoms with Gasteiger partial charge in [0.2, 0.25) is 5.91 Å². The number of carbonyl (C=O) groups is 1. The molecule has 1 aliphatic rings. The molecule has 0 radical (unpaired) electrons. The van der Waals surface area contributed by atoms with Gasteiger partial charge in [0, 0.05) is 17.0 Å². The lowest BCUT2D eigenvalue weighted by atomic mass is 10.1. The Kier molecular flexibility index (Phi) is 4.45. The van der Waals surface area contributed by atoms with Crippen molar-refractivity contribution in [2.45, 2.75) is 23.9 Å². The van der Waals surface area contributed by atoms with Crippen LogP contribution in [0.2, 0.25) is 0 Å². The Morgan fingerprint density at radius 3 is 2.56 bits per heavy atom. The molecule has 1 fully saturated rings. The van der Waals surface area contributed by atoms with Gasteiger partial charge < -0.3 is 5.32 Å². The van der Waals surface area contributed by atoms with Crippen LogP contribution in [0.15, 0.2) is 34.7 Å². The summed E-state index contributed by atoms with van der Waals surface area (Å²) in [5, 5.41) is 3.62. The number of halogens is 3. The molecule has 1 aromatic carbocycles. The van der Waals surface area contributed by atoms with E-state index in [9.17, 15) is 26.4 Å². The van der Waals surface area contributed by atoms with E-state index in [0.29, 0.717) is 18.9 Å². The number of nitrogens with zero attached hydrogens (tertiary/aromatic N) is 1. The SMILES string of the molecule is O=C(Nc1ccc(NS(=O)(=O)c2cnsc2)c(C(F)(F)F)c1)C1CC1. The fourth-order valence-electron chi connectivity index (χ4n) is 2.07. The van der Waals surface area contributed by atoms with Crippen LogP contribution in [0, 0.1) is 5.92 Å². The van der Waals surface area contributed by atoms with Crippen molar-refractivity contribution in [2.24, 2.45) is 5.92 Å². The van der Waals surface area contributed by atoms with Gasteiger partial charge in [0.25, 0.3) is 10.0 Å². The molecule has 1 amide bonds. The molecule has 2 aromatic rings. The van der Waals surface area contributed by atoms with Gasteiger partial charge in [0.1, 0.15) is 4.90 Å². The second kappa shape index (κ2) is 6.30. The molecule has 1 aliphatic carbocycles. The molecule has 2 N–H and O–H groups in total. The van der Waals surface area contributed by atoms with Crippen molar-refractivity contribution < 1.29 is 26.4 Å². The molecule has 0 atom stereocenters. The van der Waals surface area contributed by atoms with Crippen molar-refractivity contribution in [1.29, 1.82) is 0 Å². The van der Waals surface area contributed by atoms with Crippen LogP contribution in [0.1, 0.15) is 18.4 Å². The number of sulfonamides is 1. The maximum Gasteiger partial charge on any atom is 0.418 e. The van der Waals surface area contributed by atoms with Crippen molar-refractivity contribution in [2.75, 3.05) is 10.0 Å². The normalized spacial score (nSPS) is 15.0. The van der Waals surface area contributed by atoms with E-state index in [-0.39, 0.29) is 22.4 Å². The number of benzene rings is 1. The third-order valence-corrected chi connectivity index (χ3v) is 5.57. The number of hydrogen-bond acceptors (Lipinski definition) is 5. The van der Waals surface area contributed by atoms with Gasteiger partial charge in [-0.25, -0.2) is 8.42 Å². The average molecular weight is 391 g/mol. The first-order chi connectivity index (χ1) is 11.7. The highest BCUT2D eigenvalue weighted by atomic mass is 32.2. The molecule has 3 rings (SSSR count). The number of carbonyl (C=O) groups excluding carboxylic acids is 1. The quantitative estimate of drug-likeness (QED) is 0.819. The molecule has 6 nitrogen and oxygen atoms in total. The molecular weight excluding hydrogens is 379 g/mol. The third-order valence-electron chi connectivity index (χ3n) is 3.50. The van der Waals surface area contributed by atoms with E-state index in [0.717, 1.165) is 23.8 Å². The number of alkyl halides is 3. The molecule has 25 heavy (non-hydrogen) atoms. The molecule has 1 saturated carbocycles. The van der Waals surface area contributed by atoms with E-state index in [2.05, 4.69) is 9.69 Å². The van der Waals surface area contributed by atoms with Gasteiger partial charge in [-0.2, -0.15) is 17.5 Å². The van der Waals surface area contributed by atoms with E-state index >= 15 is 0 Å². The van der Waals surface area contributed by atoms with Crippen LogP contribution in [0.5, 0.6) is 0 Å². The Hall–Kier alpha value is -2.14. The lowest BCUT2D eigenvalue weighted by Gasteiger charge is -2.16. The highest BCUT2D eigenvalue weighted by Crippen LogP contribution is 2.38. The maximum atomic E-state index is 13.3. The molecular formula is C14H12F3N3O3S2. The number of nitrogens with one attached hydrogen (secondary N) is 2. The summed E-state index contributed by atoms with van der Waals surface area (Å²) in [5.41, 5.74) is -1.85. The zero-order valence-corrected chi connectivity index (χ0v) is 14.1. The van der Waals surface area contributed by atoms with Gasteiger partial charge in [-0.1, -0.05) is 0 Å². The van der Waals surface area contributed by atoms with Crippen molar-refractivity contribution in [3.8, 4) is 0 Å². The van der Waals surface area contributed by atoms with Gasteiger partial charge in [0.15, 0.2) is 0 Å². The van der Waals surface area contributed by atoms with Crippen LogP contribution in [0.4, 0.5) is 24.5 Å². The van der Waals surface area contributed by atoms with Crippen LogP contribution in [0.3, 0.4) is 0 Å². The van der Waals surface area contributed by atoms with Crippen molar-refractivity contribution in [3.05, 3.63) is 35.3 Å². The number of hydrogen-bond donors (Lipinski definition) is 2. The lowest BCUT2D eigenvalue weighted by molar-refractivity contribution is -0.136. The second-order valence-corrected chi connectivity index (χ2v) is 7.83. The third kappa shape index (κ3) is 4.10. The van der Waals surface area contributed by atoms with Crippen LogP contribution in [-0.2, 0) is 21.0 Å². The zero-order chi connectivity index (χ0) is 18.2. The summed E-state index contributed by atoms with van der Waals surface area (Å²) in [4.78, 5) is 11.5. The Morgan fingerprint density at radius 1 is 1.28 bits per heavy atom. The first kappa shape index (κ1) is 17.7. The van der Waals surface area contributed by atoms with Crippen LogP contribution in [0.25, 0.3) is 0 Å². The van der Waals surface area contributed by atoms with E-state index in [1.807, 2.05) is 4.72 Å². The first-order valence-corrected chi connectivity index (χ1v) is 9.43. The molecule has 0 bridgehead atoms. The Balaban J connectivity index is 1.91. The predicted octanol–water partition coefficient (Wildman–Crippen LogP) is 3.31. The van der Waals surface area contributed by atoms with Gasteiger partial charge in [0.05, 0.1) is 17.4 Å². The molecule has 0 spiro atoms. The molecule has 0 unspecified atom stereocenters. The minimum absolute atomic E-state index is 0.0376. The minimum Gasteiger partial charge on any atom is -0.326 e. The Morgan fingerprint density at radius 2 is 2.00 bits per heavy atom. The largest absolute Gasteiger partial charge is 0.418 e. The number of amides is 1. The smallest absolute Gasteiger partial charge is 0.326 e. The maximum absolute atomic E-state index is 13.3. The Bertz CT molecular complexity index is 892. The summed E-state index contributed by atoms with van der Waals surface area (Å²) in [6.07, 6.45) is -2.33. The summed E-state index contributed by atoms with van der Waals surface area (Å²) in [6.45, 7) is 0. The predicted molar refractivity (Wildman–Crippen MR) is 85.7 cm³/mol. The molecule has 134 valence electrons. The molecule has 11 heteroatoms. The summed E-state index contributed by atoms with van der Waals surface area (Å²) in [6, 6.07) is 2.91. The second-order valence-electron chi connectivity index (χ2n) is 5.49. The van der Waals surface area contributed by atoms with E-state index in [1.165, 1.54) is 11.4 Å². The minimum atomic E-state index is -4.80. The Labute approximate surface area is 145 Å². The van der Waals surface area contributed by atoms with Crippen molar-refractivity contribution in [3.63, 3.8) is 0 Å². The van der Waals surface area contributed by atoms with E-state index in [1.54, 1.807) is 0 Å². The van der Waals surface area contributed by atoms with Gasteiger partial charge >= 0.3 is 6.18 Å². The van der Waals surface area contributed by atoms with Crippen LogP contribution >= 0.6 is 11.5 Å². The summed E-state index contributed by atoms with van der Waals surface area (Å²) < 4.78 is 69.7. The average Bonchev–Trinajstić information content (AvgIpc) is 3.21. The van der Waals surface area contributed by atoms with Crippen LogP contribution < -0.4 is 10.0 Å². The van der Waals surface area contributed by atoms with Crippen LogP contribution in [-0.4, -0.2) is 18.7 Å². The standard InChI is InChI=1S/C14H12F3N3O3S2/c15-14(16,17)11-5-9(19-13(21)8-1-2-8)3-4-12(11)20-25(22,23)10-6-18-24-7-10/h3-8,20H,1-2H2,(H,19,21). The van der Waals surface area contributed by atoms with Crippen molar-refractivity contribution in [1.82, 2.24) is 4.37 Å². The molecule has 1 aromatic heterocycles. The summed E-state index contributed by atoms with van der Waals surface area (Å²) in [5.74, 6) is -0.510. The van der Waals surface area contributed by atoms with Gasteiger partial charge in [-0.15, -0.1) is 0 Å². The number of aromatic nitrogens is 1. The van der Waals surface area contributed by atoms with Gasteiger partial charge in [-0.05, 0) is 42.6 Å². The molecule has 0 saturated heterocycles.